The Morgan fingerprint density at radius 2 is 2.12 bits per heavy atom. The highest BCUT2D eigenvalue weighted by atomic mass is 19.3. The Kier molecular flexibility index (Phi) is 3.00. The zero-order valence-electron chi connectivity index (χ0n) is 8.32. The van der Waals surface area contributed by atoms with Gasteiger partial charge in [-0.25, -0.2) is 13.8 Å². The van der Waals surface area contributed by atoms with Gasteiger partial charge < -0.3 is 15.4 Å². The number of hydrogen-bond donors (Lipinski definition) is 3. The van der Waals surface area contributed by atoms with E-state index in [4.69, 9.17) is 5.11 Å². The van der Waals surface area contributed by atoms with Crippen molar-refractivity contribution in [3.05, 3.63) is 24.3 Å². The third kappa shape index (κ3) is 2.27. The predicted octanol–water partition coefficient (Wildman–Crippen LogP) is 1.60. The summed E-state index contributed by atoms with van der Waals surface area (Å²) in [6.45, 7) is -0.239. The molecule has 0 aliphatic carbocycles. The summed E-state index contributed by atoms with van der Waals surface area (Å²) < 4.78 is 24.0. The number of imidazole rings is 1. The first kappa shape index (κ1) is 10.8. The number of rotatable bonds is 4. The number of alkyl halides is 2. The lowest BCUT2D eigenvalue weighted by atomic mass is 10.3. The molecule has 1 unspecified atom stereocenters. The molecule has 0 amide bonds. The van der Waals surface area contributed by atoms with Crippen LogP contribution in [0.3, 0.4) is 0 Å². The molecule has 6 heteroatoms. The van der Waals surface area contributed by atoms with Crippen molar-refractivity contribution in [1.82, 2.24) is 9.97 Å². The summed E-state index contributed by atoms with van der Waals surface area (Å²) in [5.74, 6) is 0.376. The Morgan fingerprint density at radius 3 is 2.81 bits per heavy atom. The Morgan fingerprint density at radius 1 is 1.38 bits per heavy atom. The van der Waals surface area contributed by atoms with Crippen molar-refractivity contribution >= 4 is 17.0 Å². The number of anilines is 1. The monoisotopic (exact) mass is 227 g/mol. The van der Waals surface area contributed by atoms with E-state index in [1.165, 1.54) is 0 Å². The fourth-order valence-electron chi connectivity index (χ4n) is 1.33. The number of aromatic amines is 1. The number of aromatic nitrogens is 2. The van der Waals surface area contributed by atoms with Gasteiger partial charge in [0.1, 0.15) is 6.10 Å². The molecule has 1 aromatic carbocycles. The summed E-state index contributed by atoms with van der Waals surface area (Å²) in [5, 5.41) is 11.5. The third-order valence-corrected chi connectivity index (χ3v) is 2.16. The SMILES string of the molecule is OC(CNc1nc2ccccc2[nH]1)C(F)F. The Labute approximate surface area is 90.3 Å². The Hall–Kier alpha value is -1.69. The minimum absolute atomic E-state index is 0.239. The van der Waals surface area contributed by atoms with Gasteiger partial charge in [0, 0.05) is 6.54 Å². The second kappa shape index (κ2) is 4.44. The van der Waals surface area contributed by atoms with Crippen molar-refractivity contribution in [2.75, 3.05) is 11.9 Å². The van der Waals surface area contributed by atoms with Gasteiger partial charge in [-0.2, -0.15) is 0 Å². The number of para-hydroxylation sites is 2. The molecule has 0 saturated heterocycles. The summed E-state index contributed by atoms with van der Waals surface area (Å²) in [6, 6.07) is 7.32. The van der Waals surface area contributed by atoms with Gasteiger partial charge in [0.15, 0.2) is 0 Å². The van der Waals surface area contributed by atoms with Crippen LogP contribution in [0.1, 0.15) is 0 Å². The van der Waals surface area contributed by atoms with Crippen molar-refractivity contribution in [2.45, 2.75) is 12.5 Å². The summed E-state index contributed by atoms with van der Waals surface area (Å²) in [7, 11) is 0. The number of nitrogens with one attached hydrogen (secondary N) is 2. The third-order valence-electron chi connectivity index (χ3n) is 2.16. The molecule has 3 N–H and O–H groups in total. The van der Waals surface area contributed by atoms with Gasteiger partial charge in [-0.3, -0.25) is 0 Å². The highest BCUT2D eigenvalue weighted by Crippen LogP contribution is 2.13. The van der Waals surface area contributed by atoms with Crippen LogP contribution in [-0.4, -0.2) is 34.1 Å². The van der Waals surface area contributed by atoms with Crippen LogP contribution in [0, 0.1) is 0 Å². The average Bonchev–Trinajstić information content (AvgIpc) is 2.68. The van der Waals surface area contributed by atoms with Crippen LogP contribution in [0.2, 0.25) is 0 Å². The van der Waals surface area contributed by atoms with Crippen molar-refractivity contribution < 1.29 is 13.9 Å². The molecule has 0 radical (unpaired) electrons. The summed E-state index contributed by atoms with van der Waals surface area (Å²) in [5.41, 5.74) is 1.56. The van der Waals surface area contributed by atoms with Crippen LogP contribution in [0.5, 0.6) is 0 Å². The molecular weight excluding hydrogens is 216 g/mol. The van der Waals surface area contributed by atoms with E-state index >= 15 is 0 Å². The lowest BCUT2D eigenvalue weighted by Gasteiger charge is -2.09. The van der Waals surface area contributed by atoms with Gasteiger partial charge in [0.2, 0.25) is 5.95 Å². The molecule has 1 heterocycles. The minimum atomic E-state index is -2.75. The minimum Gasteiger partial charge on any atom is -0.385 e. The van der Waals surface area contributed by atoms with E-state index in [1.54, 1.807) is 6.07 Å². The highest BCUT2D eigenvalue weighted by molar-refractivity contribution is 5.77. The fraction of sp³-hybridized carbons (Fsp3) is 0.300. The smallest absolute Gasteiger partial charge is 0.265 e. The zero-order chi connectivity index (χ0) is 11.5. The van der Waals surface area contributed by atoms with Crippen molar-refractivity contribution in [1.29, 1.82) is 0 Å². The van der Waals surface area contributed by atoms with Gasteiger partial charge in [-0.05, 0) is 12.1 Å². The quantitative estimate of drug-likeness (QED) is 0.743. The molecule has 0 spiro atoms. The number of halogens is 2. The van der Waals surface area contributed by atoms with Crippen LogP contribution < -0.4 is 5.32 Å². The first-order valence-electron chi connectivity index (χ1n) is 4.81. The molecule has 4 nitrogen and oxygen atoms in total. The maximum atomic E-state index is 12.0. The number of H-pyrrole nitrogens is 1. The number of hydrogen-bond acceptors (Lipinski definition) is 3. The van der Waals surface area contributed by atoms with Gasteiger partial charge in [0.25, 0.3) is 6.43 Å². The molecule has 16 heavy (non-hydrogen) atoms. The van der Waals surface area contributed by atoms with Crippen LogP contribution in [0.25, 0.3) is 11.0 Å². The number of aliphatic hydroxyl groups excluding tert-OH is 1. The Balaban J connectivity index is 2.05. The van der Waals surface area contributed by atoms with E-state index in [9.17, 15) is 8.78 Å². The van der Waals surface area contributed by atoms with Crippen molar-refractivity contribution in [2.24, 2.45) is 0 Å². The van der Waals surface area contributed by atoms with E-state index in [1.807, 2.05) is 18.2 Å². The summed E-state index contributed by atoms with van der Waals surface area (Å²) in [6.07, 6.45) is -4.44. The molecule has 0 saturated carbocycles. The summed E-state index contributed by atoms with van der Waals surface area (Å²) in [4.78, 5) is 7.03. The van der Waals surface area contributed by atoms with Crippen molar-refractivity contribution in [3.63, 3.8) is 0 Å². The van der Waals surface area contributed by atoms with Crippen LogP contribution in [0.4, 0.5) is 14.7 Å². The molecule has 2 aromatic rings. The van der Waals surface area contributed by atoms with E-state index in [0.29, 0.717) is 5.95 Å². The van der Waals surface area contributed by atoms with Gasteiger partial charge in [-0.15, -0.1) is 0 Å². The van der Waals surface area contributed by atoms with E-state index in [2.05, 4.69) is 15.3 Å². The molecule has 2 rings (SSSR count). The molecule has 1 aromatic heterocycles. The molecular formula is C10H11F2N3O. The summed E-state index contributed by atoms with van der Waals surface area (Å²) >= 11 is 0. The standard InChI is InChI=1S/C10H11F2N3O/c11-9(12)8(16)5-13-10-14-6-3-1-2-4-7(6)15-10/h1-4,8-9,16H,5H2,(H2,13,14,15). The first-order valence-corrected chi connectivity index (χ1v) is 4.81. The topological polar surface area (TPSA) is 60.9 Å². The number of nitrogens with zero attached hydrogens (tertiary/aromatic N) is 1. The van der Waals surface area contributed by atoms with Crippen LogP contribution in [-0.2, 0) is 0 Å². The van der Waals surface area contributed by atoms with Crippen LogP contribution >= 0.6 is 0 Å². The van der Waals surface area contributed by atoms with Gasteiger partial charge in [-0.1, -0.05) is 12.1 Å². The highest BCUT2D eigenvalue weighted by Gasteiger charge is 2.16. The average molecular weight is 227 g/mol. The molecule has 0 aliphatic rings. The van der Waals surface area contributed by atoms with Crippen LogP contribution in [0.15, 0.2) is 24.3 Å². The molecule has 86 valence electrons. The van der Waals surface area contributed by atoms with E-state index < -0.39 is 12.5 Å². The molecule has 0 aliphatic heterocycles. The van der Waals surface area contributed by atoms with Crippen molar-refractivity contribution in [3.8, 4) is 0 Å². The maximum absolute atomic E-state index is 12.0. The second-order valence-electron chi connectivity index (χ2n) is 3.39. The molecule has 1 atom stereocenters. The molecule has 0 fully saturated rings. The first-order chi connectivity index (χ1) is 7.66. The fourth-order valence-corrected chi connectivity index (χ4v) is 1.33. The lowest BCUT2D eigenvalue weighted by Crippen LogP contribution is -2.27. The maximum Gasteiger partial charge on any atom is 0.265 e. The van der Waals surface area contributed by atoms with Gasteiger partial charge in [0.05, 0.1) is 11.0 Å². The van der Waals surface area contributed by atoms with E-state index in [-0.39, 0.29) is 6.54 Å². The van der Waals surface area contributed by atoms with Gasteiger partial charge >= 0.3 is 0 Å². The molecule has 0 bridgehead atoms. The van der Waals surface area contributed by atoms with E-state index in [0.717, 1.165) is 11.0 Å². The largest absolute Gasteiger partial charge is 0.385 e. The lowest BCUT2D eigenvalue weighted by molar-refractivity contribution is 0.00377. The zero-order valence-corrected chi connectivity index (χ0v) is 8.32. The number of aliphatic hydroxyl groups is 1. The number of fused-ring (bicyclic) bond motifs is 1. The second-order valence-corrected chi connectivity index (χ2v) is 3.39. The number of benzene rings is 1. The Bertz CT molecular complexity index is 439. The normalized spacial score (nSPS) is 13.2. The predicted molar refractivity (Wildman–Crippen MR) is 56.6 cm³/mol.